The Morgan fingerprint density at radius 2 is 2.58 bits per heavy atom. The van der Waals surface area contributed by atoms with Crippen molar-refractivity contribution in [3.05, 3.63) is 0 Å². The first-order valence-corrected chi connectivity index (χ1v) is 4.24. The number of carbonyl (C=O) groups excluding carboxylic acids is 1. The highest BCUT2D eigenvalue weighted by Gasteiger charge is 2.49. The molecule has 1 N–H and O–H groups in total. The monoisotopic (exact) mass is 171 g/mol. The Hall–Kier alpha value is -0.770. The van der Waals surface area contributed by atoms with Crippen LogP contribution >= 0.6 is 0 Å². The second-order valence-electron chi connectivity index (χ2n) is 3.47. The van der Waals surface area contributed by atoms with Gasteiger partial charge in [-0.05, 0) is 19.3 Å². The van der Waals surface area contributed by atoms with Gasteiger partial charge in [0.15, 0.2) is 0 Å². The summed E-state index contributed by atoms with van der Waals surface area (Å²) in [5, 5.41) is 2.84. The maximum Gasteiger partial charge on any atom is 0.407 e. The van der Waals surface area contributed by atoms with Crippen LogP contribution < -0.4 is 5.32 Å². The van der Waals surface area contributed by atoms with Crippen LogP contribution in [0.5, 0.6) is 0 Å². The molecule has 1 saturated heterocycles. The average Bonchev–Trinajstić information content (AvgIpc) is 2.60. The summed E-state index contributed by atoms with van der Waals surface area (Å²) in [6.45, 7) is 0.463. The van der Waals surface area contributed by atoms with E-state index in [0.29, 0.717) is 6.61 Å². The number of hydrogen-bond donors (Lipinski definition) is 1. The van der Waals surface area contributed by atoms with Crippen molar-refractivity contribution in [3.63, 3.8) is 0 Å². The summed E-state index contributed by atoms with van der Waals surface area (Å²) in [6.07, 6.45) is 2.90. The number of ether oxygens (including phenoxy) is 2. The van der Waals surface area contributed by atoms with Crippen molar-refractivity contribution in [2.24, 2.45) is 0 Å². The minimum atomic E-state index is -0.307. The van der Waals surface area contributed by atoms with Gasteiger partial charge in [0, 0.05) is 7.11 Å². The van der Waals surface area contributed by atoms with E-state index in [-0.39, 0.29) is 17.7 Å². The predicted molar refractivity (Wildman–Crippen MR) is 41.9 cm³/mol. The Kier molecular flexibility index (Phi) is 1.72. The Bertz CT molecular complexity index is 206. The molecule has 2 fully saturated rings. The number of alkyl carbamates (subject to hydrolysis) is 1. The standard InChI is InChI=1S/C8H13NO3/c1-11-6-3-2-4-8(6)5-12-7(10)9-8/h6H,2-5H2,1H3,(H,9,10)/t6-,8+/m0/s1. The number of amides is 1. The van der Waals surface area contributed by atoms with E-state index in [1.54, 1.807) is 7.11 Å². The number of rotatable bonds is 1. The van der Waals surface area contributed by atoms with Crippen LogP contribution in [0.3, 0.4) is 0 Å². The van der Waals surface area contributed by atoms with Crippen LogP contribution in [0.2, 0.25) is 0 Å². The molecule has 0 aromatic rings. The maximum atomic E-state index is 10.9. The van der Waals surface area contributed by atoms with E-state index in [2.05, 4.69) is 5.32 Å². The third-order valence-electron chi connectivity index (χ3n) is 2.80. The number of methoxy groups -OCH3 is 1. The molecule has 0 aromatic carbocycles. The van der Waals surface area contributed by atoms with Crippen LogP contribution in [0.4, 0.5) is 4.79 Å². The van der Waals surface area contributed by atoms with Gasteiger partial charge in [0.1, 0.15) is 12.1 Å². The molecule has 4 nitrogen and oxygen atoms in total. The minimum absolute atomic E-state index is 0.129. The Morgan fingerprint density at radius 3 is 3.17 bits per heavy atom. The molecule has 0 radical (unpaired) electrons. The van der Waals surface area contributed by atoms with Crippen molar-refractivity contribution in [1.82, 2.24) is 5.32 Å². The van der Waals surface area contributed by atoms with Crippen LogP contribution in [0.1, 0.15) is 19.3 Å². The van der Waals surface area contributed by atoms with Gasteiger partial charge >= 0.3 is 6.09 Å². The highest BCUT2D eigenvalue weighted by Crippen LogP contribution is 2.34. The third-order valence-corrected chi connectivity index (χ3v) is 2.80. The summed E-state index contributed by atoms with van der Waals surface area (Å²) >= 11 is 0. The zero-order valence-corrected chi connectivity index (χ0v) is 7.13. The summed E-state index contributed by atoms with van der Waals surface area (Å²) in [5.74, 6) is 0. The number of nitrogens with one attached hydrogen (secondary N) is 1. The van der Waals surface area contributed by atoms with Crippen molar-refractivity contribution >= 4 is 6.09 Å². The Morgan fingerprint density at radius 1 is 1.75 bits per heavy atom. The van der Waals surface area contributed by atoms with Gasteiger partial charge in [-0.25, -0.2) is 4.79 Å². The largest absolute Gasteiger partial charge is 0.447 e. The number of cyclic esters (lactones) is 1. The third kappa shape index (κ3) is 0.982. The summed E-state index contributed by atoms with van der Waals surface area (Å²) in [4.78, 5) is 10.9. The molecule has 2 aliphatic rings. The molecule has 1 aliphatic heterocycles. The van der Waals surface area contributed by atoms with Crippen molar-refractivity contribution in [2.45, 2.75) is 30.9 Å². The van der Waals surface area contributed by atoms with E-state index in [4.69, 9.17) is 9.47 Å². The lowest BCUT2D eigenvalue weighted by Gasteiger charge is -2.26. The fraction of sp³-hybridized carbons (Fsp3) is 0.875. The molecule has 4 heteroatoms. The molecule has 2 rings (SSSR count). The lowest BCUT2D eigenvalue weighted by atomic mass is 9.97. The summed E-state index contributed by atoms with van der Waals surface area (Å²) in [6, 6.07) is 0. The molecule has 1 aliphatic carbocycles. The first kappa shape index (κ1) is 7.86. The Labute approximate surface area is 71.2 Å². The van der Waals surface area contributed by atoms with Gasteiger partial charge in [-0.2, -0.15) is 0 Å². The van der Waals surface area contributed by atoms with Gasteiger partial charge < -0.3 is 14.8 Å². The fourth-order valence-electron chi connectivity index (χ4n) is 2.16. The molecule has 1 amide bonds. The van der Waals surface area contributed by atoms with Crippen LogP contribution in [0.25, 0.3) is 0 Å². The highest BCUT2D eigenvalue weighted by atomic mass is 16.6. The van der Waals surface area contributed by atoms with Crippen molar-refractivity contribution in [2.75, 3.05) is 13.7 Å². The first-order chi connectivity index (χ1) is 5.77. The zero-order valence-electron chi connectivity index (χ0n) is 7.13. The molecule has 0 aromatic heterocycles. The second kappa shape index (κ2) is 2.62. The lowest BCUT2D eigenvalue weighted by Crippen LogP contribution is -2.50. The molecule has 2 atom stereocenters. The van der Waals surface area contributed by atoms with E-state index >= 15 is 0 Å². The molecular weight excluding hydrogens is 158 g/mol. The molecule has 0 bridgehead atoms. The normalized spacial score (nSPS) is 40.1. The number of hydrogen-bond acceptors (Lipinski definition) is 3. The molecule has 12 heavy (non-hydrogen) atoms. The van der Waals surface area contributed by atoms with E-state index in [0.717, 1.165) is 19.3 Å². The average molecular weight is 171 g/mol. The van der Waals surface area contributed by atoms with E-state index in [9.17, 15) is 4.79 Å². The zero-order chi connectivity index (χ0) is 8.60. The van der Waals surface area contributed by atoms with Crippen LogP contribution in [-0.4, -0.2) is 31.5 Å². The van der Waals surface area contributed by atoms with Gasteiger partial charge in [0.05, 0.1) is 6.10 Å². The van der Waals surface area contributed by atoms with Crippen LogP contribution in [0, 0.1) is 0 Å². The SMILES string of the molecule is CO[C@H]1CCC[C@@]12COC(=O)N2. The minimum Gasteiger partial charge on any atom is -0.447 e. The molecular formula is C8H13NO3. The molecule has 0 unspecified atom stereocenters. The number of carbonyl (C=O) groups is 1. The first-order valence-electron chi connectivity index (χ1n) is 4.24. The molecule has 1 spiro atoms. The van der Waals surface area contributed by atoms with E-state index in [1.807, 2.05) is 0 Å². The smallest absolute Gasteiger partial charge is 0.407 e. The van der Waals surface area contributed by atoms with Crippen LogP contribution in [-0.2, 0) is 9.47 Å². The van der Waals surface area contributed by atoms with E-state index < -0.39 is 0 Å². The molecule has 68 valence electrons. The van der Waals surface area contributed by atoms with Crippen molar-refractivity contribution < 1.29 is 14.3 Å². The molecule has 1 heterocycles. The van der Waals surface area contributed by atoms with Crippen molar-refractivity contribution in [3.8, 4) is 0 Å². The quantitative estimate of drug-likeness (QED) is 0.630. The predicted octanol–water partition coefficient (Wildman–Crippen LogP) is 0.664. The van der Waals surface area contributed by atoms with Gasteiger partial charge in [0.25, 0.3) is 0 Å². The Balaban J connectivity index is 2.14. The maximum absolute atomic E-state index is 10.9. The van der Waals surface area contributed by atoms with Gasteiger partial charge in [0.2, 0.25) is 0 Å². The second-order valence-corrected chi connectivity index (χ2v) is 3.47. The fourth-order valence-corrected chi connectivity index (χ4v) is 2.16. The summed E-state index contributed by atoms with van der Waals surface area (Å²) in [7, 11) is 1.68. The lowest BCUT2D eigenvalue weighted by molar-refractivity contribution is 0.0405. The summed E-state index contributed by atoms with van der Waals surface area (Å²) in [5.41, 5.74) is -0.216. The molecule has 1 saturated carbocycles. The summed E-state index contributed by atoms with van der Waals surface area (Å²) < 4.78 is 10.2. The van der Waals surface area contributed by atoms with Gasteiger partial charge in [-0.15, -0.1) is 0 Å². The van der Waals surface area contributed by atoms with Crippen LogP contribution in [0.15, 0.2) is 0 Å². The topological polar surface area (TPSA) is 47.6 Å². The van der Waals surface area contributed by atoms with E-state index in [1.165, 1.54) is 0 Å². The van der Waals surface area contributed by atoms with Gasteiger partial charge in [-0.1, -0.05) is 0 Å². The van der Waals surface area contributed by atoms with Gasteiger partial charge in [-0.3, -0.25) is 0 Å². The van der Waals surface area contributed by atoms with Crippen molar-refractivity contribution in [1.29, 1.82) is 0 Å². The highest BCUT2D eigenvalue weighted by molar-refractivity contribution is 5.71.